The molecule has 26 heavy (non-hydrogen) atoms. The van der Waals surface area contributed by atoms with E-state index in [1.807, 2.05) is 0 Å². The summed E-state index contributed by atoms with van der Waals surface area (Å²) in [5.41, 5.74) is 0.825. The zero-order chi connectivity index (χ0) is 18.9. The number of cyclic esters (lactones) is 1. The molecule has 0 aromatic heterocycles. The van der Waals surface area contributed by atoms with Crippen LogP contribution in [0.15, 0.2) is 29.2 Å². The maximum Gasteiger partial charge on any atom is 0.417 e. The first-order valence-corrected chi connectivity index (χ1v) is 9.59. The van der Waals surface area contributed by atoms with E-state index < -0.39 is 22.0 Å². The smallest absolute Gasteiger partial charge is 0.417 e. The molecule has 2 fully saturated rings. The molecule has 0 spiro atoms. The van der Waals surface area contributed by atoms with Crippen molar-refractivity contribution in [3.05, 3.63) is 29.8 Å². The summed E-state index contributed by atoms with van der Waals surface area (Å²) in [5.74, 6) is -0.647. The maximum absolute atomic E-state index is 12.2. The molecule has 9 nitrogen and oxygen atoms in total. The number of aryl methyl sites for hydroxylation is 1. The highest BCUT2D eigenvalue weighted by Gasteiger charge is 2.44. The Morgan fingerprint density at radius 3 is 2.65 bits per heavy atom. The van der Waals surface area contributed by atoms with E-state index in [4.69, 9.17) is 0 Å². The van der Waals surface area contributed by atoms with Gasteiger partial charge in [0.1, 0.15) is 0 Å². The predicted octanol–water partition coefficient (Wildman–Crippen LogP) is -0.147. The average molecular weight is 381 g/mol. The number of nitrogens with zero attached hydrogens (tertiary/aromatic N) is 2. The Kier molecular flexibility index (Phi) is 4.97. The number of hydrogen-bond acceptors (Lipinski definition) is 6. The third-order valence-corrected chi connectivity index (χ3v) is 5.75. The second-order valence-corrected chi connectivity index (χ2v) is 8.00. The summed E-state index contributed by atoms with van der Waals surface area (Å²) < 4.78 is 31.4. The Morgan fingerprint density at radius 1 is 1.31 bits per heavy atom. The van der Waals surface area contributed by atoms with Crippen LogP contribution < -0.4 is 4.72 Å². The summed E-state index contributed by atoms with van der Waals surface area (Å²) in [6.45, 7) is 1.99. The monoisotopic (exact) mass is 381 g/mol. The fourth-order valence-electron chi connectivity index (χ4n) is 2.86. The van der Waals surface area contributed by atoms with Crippen LogP contribution in [0.5, 0.6) is 0 Å². The molecule has 0 aliphatic carbocycles. The maximum atomic E-state index is 12.2. The second kappa shape index (κ2) is 7.04. The molecule has 0 radical (unpaired) electrons. The molecule has 3 rings (SSSR count). The van der Waals surface area contributed by atoms with Gasteiger partial charge in [0.05, 0.1) is 10.9 Å². The number of amides is 3. The van der Waals surface area contributed by atoms with Gasteiger partial charge in [0.2, 0.25) is 15.9 Å². The lowest BCUT2D eigenvalue weighted by Crippen LogP contribution is -2.62. The fraction of sp³-hybridized carbons (Fsp3) is 0.438. The van der Waals surface area contributed by atoms with E-state index in [-0.39, 0.29) is 49.5 Å². The SMILES string of the molecule is Cc1cccc(S(=O)(=O)NCCC(=O)N2CC(N3C(=O)COC3=O)C2)c1. The van der Waals surface area contributed by atoms with E-state index in [0.717, 1.165) is 10.5 Å². The molecule has 3 amide bonds. The lowest BCUT2D eigenvalue weighted by molar-refractivity contribution is -0.141. The van der Waals surface area contributed by atoms with Gasteiger partial charge in [-0.1, -0.05) is 12.1 Å². The molecule has 0 saturated carbocycles. The van der Waals surface area contributed by atoms with Crippen molar-refractivity contribution in [2.24, 2.45) is 0 Å². The van der Waals surface area contributed by atoms with Gasteiger partial charge in [-0.25, -0.2) is 22.8 Å². The molecule has 10 heteroatoms. The van der Waals surface area contributed by atoms with Gasteiger partial charge < -0.3 is 9.64 Å². The number of sulfonamides is 1. The van der Waals surface area contributed by atoms with E-state index >= 15 is 0 Å². The Bertz CT molecular complexity index is 831. The van der Waals surface area contributed by atoms with E-state index in [9.17, 15) is 22.8 Å². The Balaban J connectivity index is 1.45. The van der Waals surface area contributed by atoms with Crippen LogP contribution in [-0.4, -0.2) is 68.4 Å². The zero-order valence-corrected chi connectivity index (χ0v) is 15.0. The van der Waals surface area contributed by atoms with Gasteiger partial charge >= 0.3 is 6.09 Å². The molecule has 0 atom stereocenters. The van der Waals surface area contributed by atoms with Crippen molar-refractivity contribution in [2.75, 3.05) is 26.2 Å². The highest BCUT2D eigenvalue weighted by molar-refractivity contribution is 7.89. The topological polar surface area (TPSA) is 113 Å². The number of imide groups is 1. The minimum Gasteiger partial charge on any atom is -0.439 e. The molecular weight excluding hydrogens is 362 g/mol. The Hall–Kier alpha value is -2.46. The minimum atomic E-state index is -3.67. The average Bonchev–Trinajstić information content (AvgIpc) is 2.86. The molecule has 1 N–H and O–H groups in total. The number of benzene rings is 1. The van der Waals surface area contributed by atoms with Gasteiger partial charge in [0.25, 0.3) is 5.91 Å². The van der Waals surface area contributed by atoms with Crippen molar-refractivity contribution in [1.82, 2.24) is 14.5 Å². The van der Waals surface area contributed by atoms with Crippen LogP contribution in [0, 0.1) is 6.92 Å². The minimum absolute atomic E-state index is 0.00381. The van der Waals surface area contributed by atoms with Crippen LogP contribution in [-0.2, 0) is 24.3 Å². The van der Waals surface area contributed by atoms with Crippen LogP contribution in [0.1, 0.15) is 12.0 Å². The van der Waals surface area contributed by atoms with Crippen molar-refractivity contribution in [3.63, 3.8) is 0 Å². The van der Waals surface area contributed by atoms with Gasteiger partial charge in [-0.15, -0.1) is 0 Å². The molecule has 2 heterocycles. The number of hydrogen-bond donors (Lipinski definition) is 1. The van der Waals surface area contributed by atoms with E-state index in [1.54, 1.807) is 25.1 Å². The summed E-state index contributed by atoms with van der Waals surface area (Å²) in [6.07, 6.45) is -0.686. The number of carbonyl (C=O) groups excluding carboxylic acids is 3. The van der Waals surface area contributed by atoms with Crippen molar-refractivity contribution >= 4 is 27.9 Å². The second-order valence-electron chi connectivity index (χ2n) is 6.24. The number of carbonyl (C=O) groups is 3. The van der Waals surface area contributed by atoms with E-state index in [2.05, 4.69) is 9.46 Å². The number of rotatable bonds is 6. The highest BCUT2D eigenvalue weighted by atomic mass is 32.2. The van der Waals surface area contributed by atoms with Crippen LogP contribution in [0.3, 0.4) is 0 Å². The van der Waals surface area contributed by atoms with Gasteiger partial charge in [-0.2, -0.15) is 0 Å². The molecule has 0 bridgehead atoms. The summed E-state index contributed by atoms with van der Waals surface area (Å²) in [6, 6.07) is 6.12. The standard InChI is InChI=1S/C16H19N3O6S/c1-11-3-2-4-13(7-11)26(23,24)17-6-5-14(20)18-8-12(9-18)19-15(21)10-25-16(19)22/h2-4,7,12,17H,5-6,8-10H2,1H3. The van der Waals surface area contributed by atoms with E-state index in [1.165, 1.54) is 11.0 Å². The summed E-state index contributed by atoms with van der Waals surface area (Å²) >= 11 is 0. The molecular formula is C16H19N3O6S. The molecule has 140 valence electrons. The third kappa shape index (κ3) is 3.70. The quantitative estimate of drug-likeness (QED) is 0.733. The number of likely N-dealkylation sites (tertiary alicyclic amines) is 1. The first-order chi connectivity index (χ1) is 12.3. The van der Waals surface area contributed by atoms with Gasteiger partial charge in [0.15, 0.2) is 6.61 Å². The van der Waals surface area contributed by atoms with Crippen LogP contribution in [0.2, 0.25) is 0 Å². The zero-order valence-electron chi connectivity index (χ0n) is 14.2. The van der Waals surface area contributed by atoms with Gasteiger partial charge in [-0.05, 0) is 24.6 Å². The lowest BCUT2D eigenvalue weighted by atomic mass is 10.1. The van der Waals surface area contributed by atoms with Gasteiger partial charge in [-0.3, -0.25) is 9.59 Å². The van der Waals surface area contributed by atoms with Crippen molar-refractivity contribution in [3.8, 4) is 0 Å². The molecule has 0 unspecified atom stereocenters. The van der Waals surface area contributed by atoms with Crippen molar-refractivity contribution in [1.29, 1.82) is 0 Å². The largest absolute Gasteiger partial charge is 0.439 e. The first-order valence-electron chi connectivity index (χ1n) is 8.11. The molecule has 1 aromatic rings. The molecule has 2 aliphatic rings. The highest BCUT2D eigenvalue weighted by Crippen LogP contribution is 2.20. The normalized spacial score (nSPS) is 18.0. The molecule has 2 aliphatic heterocycles. The van der Waals surface area contributed by atoms with Crippen LogP contribution in [0.4, 0.5) is 4.79 Å². The Labute approximate surface area is 150 Å². The van der Waals surface area contributed by atoms with E-state index in [0.29, 0.717) is 0 Å². The van der Waals surface area contributed by atoms with Crippen LogP contribution in [0.25, 0.3) is 0 Å². The molecule has 2 saturated heterocycles. The predicted molar refractivity (Wildman–Crippen MR) is 89.5 cm³/mol. The van der Waals surface area contributed by atoms with Crippen molar-refractivity contribution in [2.45, 2.75) is 24.3 Å². The Morgan fingerprint density at radius 2 is 2.04 bits per heavy atom. The number of ether oxygens (including phenoxy) is 1. The fourth-order valence-corrected chi connectivity index (χ4v) is 3.99. The third-order valence-electron chi connectivity index (χ3n) is 4.30. The van der Waals surface area contributed by atoms with Gasteiger partial charge in [0, 0.05) is 26.1 Å². The number of nitrogens with one attached hydrogen (secondary N) is 1. The first kappa shape index (κ1) is 18.3. The van der Waals surface area contributed by atoms with Crippen molar-refractivity contribution < 1.29 is 27.5 Å². The lowest BCUT2D eigenvalue weighted by Gasteiger charge is -2.42. The van der Waals surface area contributed by atoms with Crippen LogP contribution >= 0.6 is 0 Å². The summed E-state index contributed by atoms with van der Waals surface area (Å²) in [4.78, 5) is 37.7. The summed E-state index contributed by atoms with van der Waals surface area (Å²) in [5, 5.41) is 0. The summed E-state index contributed by atoms with van der Waals surface area (Å²) in [7, 11) is -3.67. The molecule has 1 aromatic carbocycles.